The Morgan fingerprint density at radius 3 is 1.49 bits per heavy atom. The van der Waals surface area contributed by atoms with Crippen molar-refractivity contribution in [3.8, 4) is 0 Å². The SMILES string of the molecule is CCCCCCCC/C=C\C/C=C\C/C=C\CCCC(=O)O[C@H](COC(=O)CCCCCCC/C=C\CCCCCCCC)COP(=O)(O)OC[C@@H](O)CO. The van der Waals surface area contributed by atoms with Crippen LogP contribution in [0.5, 0.6) is 0 Å². The fraction of sp³-hybridized carbons (Fsp3) is 0.773. The number of rotatable bonds is 40. The van der Waals surface area contributed by atoms with Crippen molar-refractivity contribution in [2.45, 2.75) is 193 Å². The summed E-state index contributed by atoms with van der Waals surface area (Å²) in [7, 11) is -4.63. The van der Waals surface area contributed by atoms with Gasteiger partial charge < -0.3 is 24.6 Å². The van der Waals surface area contributed by atoms with Crippen LogP contribution in [0.1, 0.15) is 181 Å². The topological polar surface area (TPSA) is 149 Å². The second kappa shape index (κ2) is 40.1. The molecule has 0 aromatic heterocycles. The molecule has 0 heterocycles. The van der Waals surface area contributed by atoms with Crippen LogP contribution in [-0.4, -0.2) is 65.7 Å². The zero-order valence-electron chi connectivity index (χ0n) is 34.6. The molecule has 10 nitrogen and oxygen atoms in total. The average molecular weight is 799 g/mol. The third-order valence-corrected chi connectivity index (χ3v) is 9.91. The van der Waals surface area contributed by atoms with Crippen LogP contribution in [0.2, 0.25) is 0 Å². The Kier molecular flexibility index (Phi) is 38.6. The van der Waals surface area contributed by atoms with Crippen molar-refractivity contribution in [3.05, 3.63) is 48.6 Å². The molecule has 0 spiro atoms. The molecule has 0 amide bonds. The number of unbranched alkanes of at least 4 members (excludes halogenated alkanes) is 18. The van der Waals surface area contributed by atoms with E-state index in [2.05, 4.69) is 60.9 Å². The van der Waals surface area contributed by atoms with E-state index in [9.17, 15) is 24.2 Å². The van der Waals surface area contributed by atoms with Gasteiger partial charge in [-0.05, 0) is 70.6 Å². The minimum absolute atomic E-state index is 0.110. The van der Waals surface area contributed by atoms with Crippen LogP contribution < -0.4 is 0 Å². The summed E-state index contributed by atoms with van der Waals surface area (Å²) in [6.07, 6.45) is 42.3. The quantitative estimate of drug-likeness (QED) is 0.0237. The fourth-order valence-electron chi connectivity index (χ4n) is 5.59. The molecule has 3 N–H and O–H groups in total. The van der Waals surface area contributed by atoms with Crippen LogP contribution in [0.3, 0.4) is 0 Å². The molecule has 3 atom stereocenters. The Balaban J connectivity index is 4.41. The van der Waals surface area contributed by atoms with Crippen LogP contribution in [0.4, 0.5) is 0 Å². The highest BCUT2D eigenvalue weighted by Crippen LogP contribution is 2.43. The number of hydrogen-bond acceptors (Lipinski definition) is 9. The molecular formula is C44H79O10P. The average Bonchev–Trinajstić information content (AvgIpc) is 3.17. The number of phosphoric acid groups is 1. The van der Waals surface area contributed by atoms with E-state index in [-0.39, 0.29) is 19.4 Å². The Morgan fingerprint density at radius 1 is 0.545 bits per heavy atom. The standard InChI is InChI=1S/C44H79O10P/c1-3-5-7-9-11-13-15-17-19-20-22-24-26-28-30-32-34-36-44(48)54-42(40-53-55(49,50)52-38-41(46)37-45)39-51-43(47)35-33-31-29-27-25-23-21-18-16-14-12-10-8-6-4-2/h17-19,21-22,24,28,30,41-42,45-46H,3-16,20,23,25-27,29,31-40H2,1-2H3,(H,49,50)/b19-17-,21-18-,24-22-,30-28-/t41-,42+/m0/s1. The minimum atomic E-state index is -4.63. The number of carbonyl (C=O) groups is 2. The van der Waals surface area contributed by atoms with Crippen molar-refractivity contribution < 1.29 is 47.8 Å². The van der Waals surface area contributed by atoms with E-state index in [1.165, 1.54) is 77.0 Å². The summed E-state index contributed by atoms with van der Waals surface area (Å²) in [6.45, 7) is 2.30. The summed E-state index contributed by atoms with van der Waals surface area (Å²) >= 11 is 0. The molecule has 0 bridgehead atoms. The van der Waals surface area contributed by atoms with E-state index in [1.54, 1.807) is 0 Å². The first-order valence-corrected chi connectivity index (χ1v) is 23.1. The van der Waals surface area contributed by atoms with E-state index < -0.39 is 51.8 Å². The van der Waals surface area contributed by atoms with E-state index in [0.717, 1.165) is 57.8 Å². The second-order valence-electron chi connectivity index (χ2n) is 14.4. The van der Waals surface area contributed by atoms with Crippen LogP contribution in [0, 0.1) is 0 Å². The molecule has 0 aromatic rings. The van der Waals surface area contributed by atoms with Gasteiger partial charge in [-0.15, -0.1) is 0 Å². The molecule has 0 rings (SSSR count). The van der Waals surface area contributed by atoms with Gasteiger partial charge in [-0.1, -0.05) is 146 Å². The van der Waals surface area contributed by atoms with Crippen molar-refractivity contribution in [1.82, 2.24) is 0 Å². The van der Waals surface area contributed by atoms with Gasteiger partial charge in [0, 0.05) is 12.8 Å². The van der Waals surface area contributed by atoms with Crippen molar-refractivity contribution in [2.75, 3.05) is 26.4 Å². The molecule has 0 aliphatic heterocycles. The lowest BCUT2D eigenvalue weighted by atomic mass is 10.1. The molecule has 0 saturated carbocycles. The maximum atomic E-state index is 12.6. The lowest BCUT2D eigenvalue weighted by molar-refractivity contribution is -0.161. The summed E-state index contributed by atoms with van der Waals surface area (Å²) in [5, 5.41) is 18.3. The first kappa shape index (κ1) is 52.9. The molecule has 0 aliphatic carbocycles. The Morgan fingerprint density at radius 2 is 0.964 bits per heavy atom. The molecule has 0 fully saturated rings. The number of hydrogen-bond donors (Lipinski definition) is 3. The third kappa shape index (κ3) is 39.9. The number of phosphoric ester groups is 1. The smallest absolute Gasteiger partial charge is 0.462 e. The molecule has 1 unspecified atom stereocenters. The number of ether oxygens (including phenoxy) is 2. The van der Waals surface area contributed by atoms with Gasteiger partial charge in [0.1, 0.15) is 12.7 Å². The van der Waals surface area contributed by atoms with Crippen molar-refractivity contribution in [1.29, 1.82) is 0 Å². The van der Waals surface area contributed by atoms with E-state index >= 15 is 0 Å². The van der Waals surface area contributed by atoms with E-state index in [1.807, 2.05) is 6.08 Å². The van der Waals surface area contributed by atoms with Crippen molar-refractivity contribution in [3.63, 3.8) is 0 Å². The van der Waals surface area contributed by atoms with Gasteiger partial charge >= 0.3 is 19.8 Å². The predicted molar refractivity (Wildman–Crippen MR) is 224 cm³/mol. The van der Waals surface area contributed by atoms with Crippen LogP contribution in [-0.2, 0) is 32.7 Å². The van der Waals surface area contributed by atoms with Gasteiger partial charge in [-0.25, -0.2) is 4.57 Å². The zero-order valence-corrected chi connectivity index (χ0v) is 35.5. The van der Waals surface area contributed by atoms with Gasteiger partial charge in [-0.3, -0.25) is 18.6 Å². The third-order valence-electron chi connectivity index (χ3n) is 8.96. The predicted octanol–water partition coefficient (Wildman–Crippen LogP) is 11.3. The Bertz CT molecular complexity index is 1060. The Hall–Kier alpha value is -2.07. The highest BCUT2D eigenvalue weighted by Gasteiger charge is 2.27. The Labute approximate surface area is 334 Å². The number of esters is 2. The number of aliphatic hydroxyl groups excluding tert-OH is 2. The largest absolute Gasteiger partial charge is 0.472 e. The fourth-order valence-corrected chi connectivity index (χ4v) is 6.38. The lowest BCUT2D eigenvalue weighted by Crippen LogP contribution is -2.29. The molecule has 11 heteroatoms. The van der Waals surface area contributed by atoms with Gasteiger partial charge in [0.15, 0.2) is 6.10 Å². The monoisotopic (exact) mass is 799 g/mol. The number of aliphatic hydroxyl groups is 2. The maximum absolute atomic E-state index is 12.6. The highest BCUT2D eigenvalue weighted by molar-refractivity contribution is 7.47. The van der Waals surface area contributed by atoms with Crippen LogP contribution in [0.25, 0.3) is 0 Å². The van der Waals surface area contributed by atoms with Gasteiger partial charge in [0.05, 0.1) is 19.8 Å². The van der Waals surface area contributed by atoms with E-state index in [0.29, 0.717) is 19.3 Å². The summed E-state index contributed by atoms with van der Waals surface area (Å²) in [6, 6.07) is 0. The van der Waals surface area contributed by atoms with Crippen LogP contribution in [0.15, 0.2) is 48.6 Å². The number of carbonyl (C=O) groups excluding carboxylic acids is 2. The van der Waals surface area contributed by atoms with Crippen LogP contribution >= 0.6 is 7.82 Å². The van der Waals surface area contributed by atoms with Gasteiger partial charge in [-0.2, -0.15) is 0 Å². The van der Waals surface area contributed by atoms with Crippen molar-refractivity contribution in [2.24, 2.45) is 0 Å². The zero-order chi connectivity index (χ0) is 40.5. The normalized spacial score (nSPS) is 14.3. The molecule has 320 valence electrons. The lowest BCUT2D eigenvalue weighted by Gasteiger charge is -2.20. The first-order chi connectivity index (χ1) is 26.7. The second-order valence-corrected chi connectivity index (χ2v) is 15.8. The summed E-state index contributed by atoms with van der Waals surface area (Å²) < 4.78 is 32.6. The molecule has 0 saturated heterocycles. The van der Waals surface area contributed by atoms with E-state index in [4.69, 9.17) is 19.1 Å². The molecular weight excluding hydrogens is 719 g/mol. The molecule has 55 heavy (non-hydrogen) atoms. The molecule has 0 radical (unpaired) electrons. The van der Waals surface area contributed by atoms with Gasteiger partial charge in [0.2, 0.25) is 0 Å². The maximum Gasteiger partial charge on any atom is 0.472 e. The molecule has 0 aliphatic rings. The van der Waals surface area contributed by atoms with Gasteiger partial charge in [0.25, 0.3) is 0 Å². The summed E-state index contributed by atoms with van der Waals surface area (Å²) in [5.41, 5.74) is 0. The summed E-state index contributed by atoms with van der Waals surface area (Å²) in [5.74, 6) is -0.996. The van der Waals surface area contributed by atoms with Crippen molar-refractivity contribution >= 4 is 19.8 Å². The first-order valence-electron chi connectivity index (χ1n) is 21.6. The number of allylic oxidation sites excluding steroid dienone is 8. The molecule has 0 aromatic carbocycles. The minimum Gasteiger partial charge on any atom is -0.462 e. The highest BCUT2D eigenvalue weighted by atomic mass is 31.2. The summed E-state index contributed by atoms with van der Waals surface area (Å²) in [4.78, 5) is 34.9.